The number of hydrogen-bond acceptors (Lipinski definition) is 4. The average Bonchev–Trinajstić information content (AvgIpc) is 3.01. The lowest BCUT2D eigenvalue weighted by atomic mass is 9.84. The molecule has 5 heteroatoms. The Balaban J connectivity index is 1.36. The molecule has 5 nitrogen and oxygen atoms in total. The zero-order chi connectivity index (χ0) is 19.1. The number of carbonyl (C=O) groups excluding carboxylic acids is 1. The standard InChI is InChI=1S/C23H25NO4/c1-26-20-4-2-3-15(13-20)17-11-18-6-7-19(12-17)24(18)23(25)16-5-8-21-22(14-16)28-10-9-27-21/h2-5,8,13-14,17-19H,6-7,9-12H2,1H3. The fraction of sp³-hybridized carbons (Fsp3) is 0.435. The van der Waals surface area contributed by atoms with Gasteiger partial charge in [0.15, 0.2) is 11.5 Å². The first-order valence-corrected chi connectivity index (χ1v) is 10.1. The van der Waals surface area contributed by atoms with E-state index in [-0.39, 0.29) is 5.91 Å². The second-order valence-corrected chi connectivity index (χ2v) is 7.90. The maximum atomic E-state index is 13.3. The number of methoxy groups -OCH3 is 1. The van der Waals surface area contributed by atoms with E-state index in [1.54, 1.807) is 7.11 Å². The highest BCUT2D eigenvalue weighted by Crippen LogP contribution is 2.44. The van der Waals surface area contributed by atoms with E-state index in [0.717, 1.165) is 37.2 Å². The summed E-state index contributed by atoms with van der Waals surface area (Å²) in [5.74, 6) is 2.91. The summed E-state index contributed by atoms with van der Waals surface area (Å²) in [7, 11) is 1.71. The smallest absolute Gasteiger partial charge is 0.254 e. The number of amides is 1. The van der Waals surface area contributed by atoms with E-state index in [1.165, 1.54) is 5.56 Å². The molecule has 2 fully saturated rings. The molecule has 2 aromatic carbocycles. The summed E-state index contributed by atoms with van der Waals surface area (Å²) < 4.78 is 16.6. The Bertz CT molecular complexity index is 882. The van der Waals surface area contributed by atoms with Gasteiger partial charge in [-0.2, -0.15) is 0 Å². The Kier molecular flexibility index (Phi) is 4.38. The summed E-state index contributed by atoms with van der Waals surface area (Å²) in [6, 6.07) is 14.5. The van der Waals surface area contributed by atoms with Crippen LogP contribution in [-0.4, -0.2) is 43.2 Å². The van der Waals surface area contributed by atoms with Crippen molar-refractivity contribution >= 4 is 5.91 Å². The zero-order valence-corrected chi connectivity index (χ0v) is 16.1. The highest BCUT2D eigenvalue weighted by atomic mass is 16.6. The molecule has 28 heavy (non-hydrogen) atoms. The molecular weight excluding hydrogens is 354 g/mol. The highest BCUT2D eigenvalue weighted by molar-refractivity contribution is 5.95. The third kappa shape index (κ3) is 2.99. The van der Waals surface area contributed by atoms with E-state index in [9.17, 15) is 4.79 Å². The molecule has 0 N–H and O–H groups in total. The fourth-order valence-electron chi connectivity index (χ4n) is 5.00. The molecule has 0 aromatic heterocycles. The molecule has 2 bridgehead atoms. The molecule has 2 saturated heterocycles. The minimum atomic E-state index is 0.119. The predicted octanol–water partition coefficient (Wildman–Crippen LogP) is 4.02. The van der Waals surface area contributed by atoms with Gasteiger partial charge in [-0.25, -0.2) is 0 Å². The molecule has 0 saturated carbocycles. The molecule has 0 radical (unpaired) electrons. The molecular formula is C23H25NO4. The zero-order valence-electron chi connectivity index (χ0n) is 16.1. The van der Waals surface area contributed by atoms with Crippen LogP contribution in [0.3, 0.4) is 0 Å². The van der Waals surface area contributed by atoms with Gasteiger partial charge in [-0.1, -0.05) is 12.1 Å². The number of piperidine rings is 1. The number of benzene rings is 2. The number of carbonyl (C=O) groups is 1. The van der Waals surface area contributed by atoms with Gasteiger partial charge >= 0.3 is 0 Å². The molecule has 3 heterocycles. The molecule has 2 unspecified atom stereocenters. The van der Waals surface area contributed by atoms with Crippen molar-refractivity contribution in [3.8, 4) is 17.2 Å². The molecule has 5 rings (SSSR count). The van der Waals surface area contributed by atoms with Crippen LogP contribution in [0.25, 0.3) is 0 Å². The first-order valence-electron chi connectivity index (χ1n) is 10.1. The van der Waals surface area contributed by atoms with Gasteiger partial charge < -0.3 is 19.1 Å². The van der Waals surface area contributed by atoms with Crippen molar-refractivity contribution in [1.29, 1.82) is 0 Å². The van der Waals surface area contributed by atoms with E-state index in [2.05, 4.69) is 23.1 Å². The Morgan fingerprint density at radius 2 is 1.75 bits per heavy atom. The van der Waals surface area contributed by atoms with E-state index >= 15 is 0 Å². The van der Waals surface area contributed by atoms with Crippen molar-refractivity contribution in [2.45, 2.75) is 43.7 Å². The second-order valence-electron chi connectivity index (χ2n) is 7.90. The second kappa shape index (κ2) is 7.04. The summed E-state index contributed by atoms with van der Waals surface area (Å²) in [5.41, 5.74) is 2.02. The van der Waals surface area contributed by atoms with Gasteiger partial charge in [0, 0.05) is 17.6 Å². The predicted molar refractivity (Wildman–Crippen MR) is 105 cm³/mol. The maximum absolute atomic E-state index is 13.3. The van der Waals surface area contributed by atoms with Gasteiger partial charge in [0.1, 0.15) is 19.0 Å². The van der Waals surface area contributed by atoms with Crippen LogP contribution in [0.1, 0.15) is 47.5 Å². The lowest BCUT2D eigenvalue weighted by Gasteiger charge is -2.39. The number of rotatable bonds is 3. The Hall–Kier alpha value is -2.69. The third-order valence-corrected chi connectivity index (χ3v) is 6.32. The normalized spacial score (nSPS) is 25.5. The van der Waals surface area contributed by atoms with Crippen LogP contribution in [-0.2, 0) is 0 Å². The number of fused-ring (bicyclic) bond motifs is 3. The van der Waals surface area contributed by atoms with Crippen LogP contribution < -0.4 is 14.2 Å². The Morgan fingerprint density at radius 1 is 1.00 bits per heavy atom. The van der Waals surface area contributed by atoms with Crippen molar-refractivity contribution in [1.82, 2.24) is 4.90 Å². The molecule has 0 spiro atoms. The van der Waals surface area contributed by atoms with Crippen LogP contribution in [0.5, 0.6) is 17.2 Å². The van der Waals surface area contributed by atoms with Gasteiger partial charge in [-0.3, -0.25) is 4.79 Å². The van der Waals surface area contributed by atoms with E-state index in [4.69, 9.17) is 14.2 Å². The van der Waals surface area contributed by atoms with Crippen LogP contribution in [0, 0.1) is 0 Å². The number of hydrogen-bond donors (Lipinski definition) is 0. The number of ether oxygens (including phenoxy) is 3. The summed E-state index contributed by atoms with van der Waals surface area (Å²) in [4.78, 5) is 15.4. The molecule has 1 amide bonds. The van der Waals surface area contributed by atoms with Crippen molar-refractivity contribution in [3.05, 3.63) is 53.6 Å². The quantitative estimate of drug-likeness (QED) is 0.808. The van der Waals surface area contributed by atoms with Crippen molar-refractivity contribution in [2.75, 3.05) is 20.3 Å². The third-order valence-electron chi connectivity index (χ3n) is 6.32. The monoisotopic (exact) mass is 379 g/mol. The van der Waals surface area contributed by atoms with Crippen LogP contribution in [0.15, 0.2) is 42.5 Å². The first-order chi connectivity index (χ1) is 13.7. The van der Waals surface area contributed by atoms with Gasteiger partial charge in [0.05, 0.1) is 7.11 Å². The summed E-state index contributed by atoms with van der Waals surface area (Å²) in [6.07, 6.45) is 4.20. The lowest BCUT2D eigenvalue weighted by Crippen LogP contribution is -2.46. The molecule has 2 atom stereocenters. The number of nitrogens with zero attached hydrogens (tertiary/aromatic N) is 1. The molecule has 0 aliphatic carbocycles. The van der Waals surface area contributed by atoms with Crippen molar-refractivity contribution in [3.63, 3.8) is 0 Å². The van der Waals surface area contributed by atoms with Gasteiger partial charge in [0.25, 0.3) is 5.91 Å². The van der Waals surface area contributed by atoms with Crippen LogP contribution >= 0.6 is 0 Å². The lowest BCUT2D eigenvalue weighted by molar-refractivity contribution is 0.0570. The highest BCUT2D eigenvalue weighted by Gasteiger charge is 2.43. The van der Waals surface area contributed by atoms with Crippen molar-refractivity contribution < 1.29 is 19.0 Å². The van der Waals surface area contributed by atoms with Crippen molar-refractivity contribution in [2.24, 2.45) is 0 Å². The van der Waals surface area contributed by atoms with E-state index in [1.807, 2.05) is 24.3 Å². The SMILES string of the molecule is COc1cccc(C2CC3CCC(C2)N3C(=O)c2ccc3c(c2)OCCO3)c1. The van der Waals surface area contributed by atoms with Crippen LogP contribution in [0.4, 0.5) is 0 Å². The largest absolute Gasteiger partial charge is 0.497 e. The van der Waals surface area contributed by atoms with Gasteiger partial charge in [-0.15, -0.1) is 0 Å². The minimum absolute atomic E-state index is 0.119. The Morgan fingerprint density at radius 3 is 2.50 bits per heavy atom. The fourth-order valence-corrected chi connectivity index (χ4v) is 5.00. The topological polar surface area (TPSA) is 48.0 Å². The van der Waals surface area contributed by atoms with Gasteiger partial charge in [0.2, 0.25) is 0 Å². The maximum Gasteiger partial charge on any atom is 0.254 e. The first kappa shape index (κ1) is 17.4. The van der Waals surface area contributed by atoms with Crippen LogP contribution in [0.2, 0.25) is 0 Å². The van der Waals surface area contributed by atoms with E-state index < -0.39 is 0 Å². The summed E-state index contributed by atoms with van der Waals surface area (Å²) in [6.45, 7) is 1.09. The molecule has 2 aromatic rings. The molecule has 146 valence electrons. The Labute approximate surface area is 165 Å². The molecule has 3 aliphatic heterocycles. The summed E-state index contributed by atoms with van der Waals surface area (Å²) in [5, 5.41) is 0. The molecule has 3 aliphatic rings. The summed E-state index contributed by atoms with van der Waals surface area (Å²) >= 11 is 0. The average molecular weight is 379 g/mol. The van der Waals surface area contributed by atoms with E-state index in [0.29, 0.717) is 42.5 Å². The minimum Gasteiger partial charge on any atom is -0.497 e. The van der Waals surface area contributed by atoms with Gasteiger partial charge in [-0.05, 0) is 67.5 Å².